The third-order valence-electron chi connectivity index (χ3n) is 1.61. The highest BCUT2D eigenvalue weighted by Crippen LogP contribution is 1.97. The van der Waals surface area contributed by atoms with Gasteiger partial charge in [0.15, 0.2) is 0 Å². The van der Waals surface area contributed by atoms with E-state index < -0.39 is 0 Å². The molecule has 0 saturated carbocycles. The summed E-state index contributed by atoms with van der Waals surface area (Å²) >= 11 is 0. The molecule has 56 valence electrons. The summed E-state index contributed by atoms with van der Waals surface area (Å²) in [5, 5.41) is 9.00. The SMILES string of the molecule is CC[N+](C)(C)CC(C)O. The van der Waals surface area contributed by atoms with Crippen LogP contribution in [0.4, 0.5) is 0 Å². The van der Waals surface area contributed by atoms with Crippen LogP contribution < -0.4 is 0 Å². The van der Waals surface area contributed by atoms with Gasteiger partial charge >= 0.3 is 0 Å². The Kier molecular flexibility index (Phi) is 3.15. The molecule has 0 rings (SSSR count). The quantitative estimate of drug-likeness (QED) is 0.553. The van der Waals surface area contributed by atoms with Crippen LogP contribution in [0.25, 0.3) is 0 Å². The summed E-state index contributed by atoms with van der Waals surface area (Å²) in [6, 6.07) is 0. The van der Waals surface area contributed by atoms with E-state index in [1.54, 1.807) is 0 Å². The maximum absolute atomic E-state index is 9.00. The van der Waals surface area contributed by atoms with E-state index >= 15 is 0 Å². The van der Waals surface area contributed by atoms with E-state index in [2.05, 4.69) is 21.0 Å². The van der Waals surface area contributed by atoms with Gasteiger partial charge in [-0.25, -0.2) is 0 Å². The lowest BCUT2D eigenvalue weighted by Crippen LogP contribution is -2.44. The molecule has 9 heavy (non-hydrogen) atoms. The summed E-state index contributed by atoms with van der Waals surface area (Å²) in [6.07, 6.45) is -0.181. The highest BCUT2D eigenvalue weighted by Gasteiger charge is 2.13. The van der Waals surface area contributed by atoms with Crippen molar-refractivity contribution in [2.24, 2.45) is 0 Å². The van der Waals surface area contributed by atoms with Gasteiger partial charge in [-0.05, 0) is 13.8 Å². The summed E-state index contributed by atoms with van der Waals surface area (Å²) in [6.45, 7) is 5.87. The topological polar surface area (TPSA) is 20.2 Å². The first kappa shape index (κ1) is 8.92. The predicted molar refractivity (Wildman–Crippen MR) is 39.2 cm³/mol. The summed E-state index contributed by atoms with van der Waals surface area (Å²) in [4.78, 5) is 0. The molecule has 1 unspecified atom stereocenters. The van der Waals surface area contributed by atoms with Gasteiger partial charge in [0, 0.05) is 0 Å². The Labute approximate surface area is 57.7 Å². The van der Waals surface area contributed by atoms with Crippen LogP contribution in [0.2, 0.25) is 0 Å². The van der Waals surface area contributed by atoms with E-state index in [1.165, 1.54) is 0 Å². The smallest absolute Gasteiger partial charge is 0.104 e. The van der Waals surface area contributed by atoms with Gasteiger partial charge < -0.3 is 9.59 Å². The Morgan fingerprint density at radius 1 is 1.44 bits per heavy atom. The lowest BCUT2D eigenvalue weighted by atomic mass is 10.3. The standard InChI is InChI=1S/C7H18NO/c1-5-8(3,4)6-7(2)9/h7,9H,5-6H2,1-4H3/q+1. The first-order chi connectivity index (χ1) is 3.98. The van der Waals surface area contributed by atoms with Crippen molar-refractivity contribution >= 4 is 0 Å². The molecule has 2 nitrogen and oxygen atoms in total. The Morgan fingerprint density at radius 3 is 2.00 bits per heavy atom. The first-order valence-corrected chi connectivity index (χ1v) is 3.48. The fraction of sp³-hybridized carbons (Fsp3) is 1.00. The maximum atomic E-state index is 9.00. The molecule has 0 saturated heterocycles. The van der Waals surface area contributed by atoms with Crippen LogP contribution in [0.1, 0.15) is 13.8 Å². The van der Waals surface area contributed by atoms with Crippen LogP contribution in [-0.2, 0) is 0 Å². The Balaban J connectivity index is 3.58. The second kappa shape index (κ2) is 3.18. The molecule has 1 N–H and O–H groups in total. The number of aliphatic hydroxyl groups is 1. The molecule has 0 bridgehead atoms. The molecule has 1 atom stereocenters. The predicted octanol–water partition coefficient (Wildman–Crippen LogP) is 0.464. The van der Waals surface area contributed by atoms with Crippen molar-refractivity contribution in [3.8, 4) is 0 Å². The molecule has 0 aromatic carbocycles. The number of quaternary nitrogens is 1. The minimum atomic E-state index is -0.181. The molecule has 0 aromatic heterocycles. The van der Waals surface area contributed by atoms with Gasteiger partial charge in [0.2, 0.25) is 0 Å². The lowest BCUT2D eigenvalue weighted by molar-refractivity contribution is -0.891. The highest BCUT2D eigenvalue weighted by atomic mass is 16.3. The van der Waals surface area contributed by atoms with Crippen molar-refractivity contribution in [3.05, 3.63) is 0 Å². The van der Waals surface area contributed by atoms with Crippen LogP contribution in [0.15, 0.2) is 0 Å². The van der Waals surface area contributed by atoms with Gasteiger partial charge in [-0.15, -0.1) is 0 Å². The van der Waals surface area contributed by atoms with E-state index in [-0.39, 0.29) is 6.10 Å². The number of hydrogen-bond donors (Lipinski definition) is 1. The van der Waals surface area contributed by atoms with Crippen LogP contribution in [0.3, 0.4) is 0 Å². The summed E-state index contributed by atoms with van der Waals surface area (Å²) < 4.78 is 0.900. The van der Waals surface area contributed by atoms with Gasteiger partial charge in [0.25, 0.3) is 0 Å². The zero-order chi connectivity index (χ0) is 7.49. The van der Waals surface area contributed by atoms with E-state index in [4.69, 9.17) is 5.11 Å². The summed E-state index contributed by atoms with van der Waals surface area (Å²) in [7, 11) is 4.24. The van der Waals surface area contributed by atoms with Crippen molar-refractivity contribution in [3.63, 3.8) is 0 Å². The zero-order valence-corrected chi connectivity index (χ0v) is 6.89. The van der Waals surface area contributed by atoms with Gasteiger partial charge in [-0.3, -0.25) is 0 Å². The maximum Gasteiger partial charge on any atom is 0.104 e. The summed E-state index contributed by atoms with van der Waals surface area (Å²) in [5.74, 6) is 0. The molecular formula is C7H18NO+. The normalized spacial score (nSPS) is 15.7. The molecule has 0 aliphatic carbocycles. The molecule has 0 heterocycles. The number of hydrogen-bond acceptors (Lipinski definition) is 1. The number of aliphatic hydroxyl groups excluding tert-OH is 1. The van der Waals surface area contributed by atoms with E-state index in [0.29, 0.717) is 0 Å². The third-order valence-corrected chi connectivity index (χ3v) is 1.61. The van der Waals surface area contributed by atoms with Gasteiger partial charge in [-0.1, -0.05) is 0 Å². The molecule has 0 amide bonds. The minimum absolute atomic E-state index is 0.181. The molecule has 2 heteroatoms. The largest absolute Gasteiger partial charge is 0.388 e. The number of rotatable bonds is 3. The molecule has 0 aliphatic rings. The van der Waals surface area contributed by atoms with Crippen LogP contribution in [0.5, 0.6) is 0 Å². The Morgan fingerprint density at radius 2 is 1.89 bits per heavy atom. The van der Waals surface area contributed by atoms with Crippen molar-refractivity contribution in [1.29, 1.82) is 0 Å². The fourth-order valence-electron chi connectivity index (χ4n) is 0.844. The van der Waals surface area contributed by atoms with Crippen LogP contribution >= 0.6 is 0 Å². The second-order valence-corrected chi connectivity index (χ2v) is 3.28. The number of nitrogens with zero attached hydrogens (tertiary/aromatic N) is 1. The summed E-state index contributed by atoms with van der Waals surface area (Å²) in [5.41, 5.74) is 0. The van der Waals surface area contributed by atoms with Crippen LogP contribution in [0, 0.1) is 0 Å². The van der Waals surface area contributed by atoms with Gasteiger partial charge in [-0.2, -0.15) is 0 Å². The molecule has 0 fully saturated rings. The van der Waals surface area contributed by atoms with E-state index in [9.17, 15) is 0 Å². The highest BCUT2D eigenvalue weighted by molar-refractivity contribution is 4.41. The van der Waals surface area contributed by atoms with E-state index in [1.807, 2.05) is 6.92 Å². The monoisotopic (exact) mass is 132 g/mol. The van der Waals surface area contributed by atoms with E-state index in [0.717, 1.165) is 17.6 Å². The fourth-order valence-corrected chi connectivity index (χ4v) is 0.844. The van der Waals surface area contributed by atoms with Crippen molar-refractivity contribution in [2.45, 2.75) is 20.0 Å². The zero-order valence-electron chi connectivity index (χ0n) is 6.89. The van der Waals surface area contributed by atoms with Crippen molar-refractivity contribution in [1.82, 2.24) is 0 Å². The first-order valence-electron chi connectivity index (χ1n) is 3.48. The average molecular weight is 132 g/mol. The molecule has 0 aliphatic heterocycles. The molecular weight excluding hydrogens is 114 g/mol. The van der Waals surface area contributed by atoms with Gasteiger partial charge in [0.05, 0.1) is 20.6 Å². The molecule has 0 aromatic rings. The van der Waals surface area contributed by atoms with Crippen molar-refractivity contribution in [2.75, 3.05) is 27.2 Å². The Bertz CT molecular complexity index is 79.0. The van der Waals surface area contributed by atoms with Gasteiger partial charge in [0.1, 0.15) is 12.6 Å². The number of likely N-dealkylation sites (N-methyl/N-ethyl adjacent to an activating group) is 1. The Hall–Kier alpha value is -0.0800. The minimum Gasteiger partial charge on any atom is -0.388 e. The molecule has 0 spiro atoms. The molecule has 0 radical (unpaired) electrons. The average Bonchev–Trinajstić information content (AvgIpc) is 1.63. The lowest BCUT2D eigenvalue weighted by Gasteiger charge is -2.29. The second-order valence-electron chi connectivity index (χ2n) is 3.28. The third kappa shape index (κ3) is 4.43. The van der Waals surface area contributed by atoms with Crippen molar-refractivity contribution < 1.29 is 9.59 Å². The van der Waals surface area contributed by atoms with Crippen LogP contribution in [-0.4, -0.2) is 42.9 Å².